The highest BCUT2D eigenvalue weighted by Gasteiger charge is 2.29. The molecule has 180 valence electrons. The van der Waals surface area contributed by atoms with E-state index in [2.05, 4.69) is 10.2 Å². The fraction of sp³-hybridized carbons (Fsp3) is 0.458. The zero-order valence-corrected chi connectivity index (χ0v) is 20.6. The Bertz CT molecular complexity index is 1010. The SMILES string of the molecule is CCOc1ccccc1N(CC(=O)NCCCN1CCCCC1)S(=O)(=O)c1ccc(Cl)cc1. The van der Waals surface area contributed by atoms with Crippen molar-refractivity contribution in [2.24, 2.45) is 0 Å². The molecule has 0 bridgehead atoms. The maximum Gasteiger partial charge on any atom is 0.264 e. The summed E-state index contributed by atoms with van der Waals surface area (Å²) in [4.78, 5) is 15.2. The van der Waals surface area contributed by atoms with Crippen LogP contribution < -0.4 is 14.4 Å². The van der Waals surface area contributed by atoms with Crippen LogP contribution in [0.1, 0.15) is 32.6 Å². The van der Waals surface area contributed by atoms with Crippen molar-refractivity contribution >= 4 is 33.2 Å². The summed E-state index contributed by atoms with van der Waals surface area (Å²) < 4.78 is 33.8. The van der Waals surface area contributed by atoms with E-state index in [1.54, 1.807) is 24.3 Å². The van der Waals surface area contributed by atoms with Crippen molar-refractivity contribution in [2.45, 2.75) is 37.5 Å². The lowest BCUT2D eigenvalue weighted by molar-refractivity contribution is -0.119. The molecule has 1 amide bonds. The van der Waals surface area contributed by atoms with Gasteiger partial charge in [-0.1, -0.05) is 30.2 Å². The number of benzene rings is 2. The third-order valence-electron chi connectivity index (χ3n) is 5.54. The van der Waals surface area contributed by atoms with Crippen LogP contribution in [0.15, 0.2) is 53.4 Å². The Kier molecular flexibility index (Phi) is 9.41. The van der Waals surface area contributed by atoms with Crippen LogP contribution in [0.2, 0.25) is 5.02 Å². The van der Waals surface area contributed by atoms with Gasteiger partial charge in [0.25, 0.3) is 10.0 Å². The molecule has 0 saturated carbocycles. The zero-order chi connectivity index (χ0) is 23.7. The maximum absolute atomic E-state index is 13.5. The number of rotatable bonds is 11. The van der Waals surface area contributed by atoms with Gasteiger partial charge in [0.1, 0.15) is 12.3 Å². The number of ether oxygens (including phenoxy) is 1. The van der Waals surface area contributed by atoms with E-state index >= 15 is 0 Å². The van der Waals surface area contributed by atoms with Crippen LogP contribution in [-0.4, -0.2) is 58.6 Å². The van der Waals surface area contributed by atoms with Gasteiger partial charge in [-0.15, -0.1) is 0 Å². The number of anilines is 1. The molecule has 9 heteroatoms. The van der Waals surface area contributed by atoms with E-state index in [1.807, 2.05) is 6.92 Å². The quantitative estimate of drug-likeness (QED) is 0.480. The van der Waals surface area contributed by atoms with E-state index in [4.69, 9.17) is 16.3 Å². The van der Waals surface area contributed by atoms with Crippen LogP contribution in [0.5, 0.6) is 5.75 Å². The topological polar surface area (TPSA) is 79.0 Å². The predicted octanol–water partition coefficient (Wildman–Crippen LogP) is 3.93. The van der Waals surface area contributed by atoms with Crippen LogP contribution >= 0.6 is 11.6 Å². The summed E-state index contributed by atoms with van der Waals surface area (Å²) in [6.45, 7) is 5.49. The first kappa shape index (κ1) is 25.3. The van der Waals surface area contributed by atoms with Gasteiger partial charge in [0.05, 0.1) is 17.2 Å². The summed E-state index contributed by atoms with van der Waals surface area (Å²) in [5.74, 6) is 0.0351. The maximum atomic E-state index is 13.5. The highest BCUT2D eigenvalue weighted by atomic mass is 35.5. The minimum Gasteiger partial charge on any atom is -0.492 e. The third-order valence-corrected chi connectivity index (χ3v) is 7.57. The van der Waals surface area contributed by atoms with E-state index < -0.39 is 10.0 Å². The number of para-hydroxylation sites is 2. The van der Waals surface area contributed by atoms with Gasteiger partial charge >= 0.3 is 0 Å². The Morgan fingerprint density at radius 1 is 1.09 bits per heavy atom. The number of hydrogen-bond donors (Lipinski definition) is 1. The largest absolute Gasteiger partial charge is 0.492 e. The van der Waals surface area contributed by atoms with Gasteiger partial charge in [-0.3, -0.25) is 9.10 Å². The first-order valence-electron chi connectivity index (χ1n) is 11.4. The smallest absolute Gasteiger partial charge is 0.264 e. The molecule has 3 rings (SSSR count). The van der Waals surface area contributed by atoms with Gasteiger partial charge in [0.15, 0.2) is 0 Å². The zero-order valence-electron chi connectivity index (χ0n) is 19.0. The number of carbonyl (C=O) groups is 1. The standard InChI is InChI=1S/C24H32ClN3O4S/c1-2-32-23-10-5-4-9-22(23)28(33(30,31)21-13-11-20(25)12-14-21)19-24(29)26-15-8-18-27-16-6-3-7-17-27/h4-5,9-14H,2-3,6-8,15-19H2,1H3,(H,26,29). The molecule has 2 aromatic rings. The number of amides is 1. The number of piperidine rings is 1. The molecular formula is C24H32ClN3O4S. The predicted molar refractivity (Wildman–Crippen MR) is 132 cm³/mol. The number of nitrogens with one attached hydrogen (secondary N) is 1. The number of carbonyl (C=O) groups excluding carboxylic acids is 1. The Hall–Kier alpha value is -2.29. The van der Waals surface area contributed by atoms with Gasteiger partial charge in [-0.25, -0.2) is 8.42 Å². The summed E-state index contributed by atoms with van der Waals surface area (Å²) in [6, 6.07) is 12.7. The first-order valence-corrected chi connectivity index (χ1v) is 13.2. The molecule has 0 aliphatic carbocycles. The Labute approximate surface area is 201 Å². The Balaban J connectivity index is 1.74. The van der Waals surface area contributed by atoms with E-state index in [0.29, 0.717) is 29.6 Å². The average Bonchev–Trinajstić information content (AvgIpc) is 2.82. The van der Waals surface area contributed by atoms with Crippen molar-refractivity contribution in [1.82, 2.24) is 10.2 Å². The summed E-state index contributed by atoms with van der Waals surface area (Å²) in [5, 5.41) is 3.31. The summed E-state index contributed by atoms with van der Waals surface area (Å²) in [6.07, 6.45) is 4.56. The third kappa shape index (κ3) is 7.09. The van der Waals surface area contributed by atoms with Crippen LogP contribution in [0.4, 0.5) is 5.69 Å². The highest BCUT2D eigenvalue weighted by Crippen LogP contribution is 2.32. The van der Waals surface area contributed by atoms with Crippen molar-refractivity contribution in [3.05, 3.63) is 53.6 Å². The van der Waals surface area contributed by atoms with Crippen molar-refractivity contribution in [3.63, 3.8) is 0 Å². The average molecular weight is 494 g/mol. The summed E-state index contributed by atoms with van der Waals surface area (Å²) in [7, 11) is -4.03. The van der Waals surface area contributed by atoms with Gasteiger partial charge in [0.2, 0.25) is 5.91 Å². The first-order chi connectivity index (χ1) is 15.9. The molecule has 0 unspecified atom stereocenters. The molecule has 1 heterocycles. The van der Waals surface area contributed by atoms with Gasteiger partial charge < -0.3 is 15.0 Å². The number of hydrogen-bond acceptors (Lipinski definition) is 5. The van der Waals surface area contributed by atoms with Crippen molar-refractivity contribution < 1.29 is 17.9 Å². The van der Waals surface area contributed by atoms with Crippen LogP contribution in [0, 0.1) is 0 Å². The number of sulfonamides is 1. The molecule has 2 aromatic carbocycles. The van der Waals surface area contributed by atoms with E-state index in [-0.39, 0.29) is 17.3 Å². The number of likely N-dealkylation sites (tertiary alicyclic amines) is 1. The van der Waals surface area contributed by atoms with Crippen LogP contribution in [-0.2, 0) is 14.8 Å². The summed E-state index contributed by atoms with van der Waals surface area (Å²) in [5.41, 5.74) is 0.317. The monoisotopic (exact) mass is 493 g/mol. The fourth-order valence-corrected chi connectivity index (χ4v) is 5.43. The van der Waals surface area contributed by atoms with Gasteiger partial charge in [-0.2, -0.15) is 0 Å². The van der Waals surface area contributed by atoms with Gasteiger partial charge in [-0.05, 0) is 82.2 Å². The molecule has 7 nitrogen and oxygen atoms in total. The molecular weight excluding hydrogens is 462 g/mol. The lowest BCUT2D eigenvalue weighted by atomic mass is 10.1. The molecule has 1 aliphatic heterocycles. The summed E-state index contributed by atoms with van der Waals surface area (Å²) >= 11 is 5.94. The highest BCUT2D eigenvalue weighted by molar-refractivity contribution is 7.92. The van der Waals surface area contributed by atoms with E-state index in [0.717, 1.165) is 30.4 Å². The minimum atomic E-state index is -4.03. The van der Waals surface area contributed by atoms with E-state index in [1.165, 1.54) is 43.5 Å². The Morgan fingerprint density at radius 3 is 2.48 bits per heavy atom. The second kappa shape index (κ2) is 12.3. The lowest BCUT2D eigenvalue weighted by Crippen LogP contribution is -2.42. The second-order valence-electron chi connectivity index (χ2n) is 7.97. The second-order valence-corrected chi connectivity index (χ2v) is 10.3. The molecule has 33 heavy (non-hydrogen) atoms. The fourth-order valence-electron chi connectivity index (χ4n) is 3.87. The molecule has 1 saturated heterocycles. The number of halogens is 1. The molecule has 0 spiro atoms. The molecule has 0 aromatic heterocycles. The molecule has 0 atom stereocenters. The van der Waals surface area contributed by atoms with Gasteiger partial charge in [0, 0.05) is 11.6 Å². The molecule has 0 radical (unpaired) electrons. The van der Waals surface area contributed by atoms with Crippen LogP contribution in [0.25, 0.3) is 0 Å². The molecule has 1 N–H and O–H groups in total. The minimum absolute atomic E-state index is 0.0519. The van der Waals surface area contributed by atoms with Crippen molar-refractivity contribution in [3.8, 4) is 5.75 Å². The molecule has 1 fully saturated rings. The molecule has 1 aliphatic rings. The number of nitrogens with zero attached hydrogens (tertiary/aromatic N) is 2. The van der Waals surface area contributed by atoms with Crippen molar-refractivity contribution in [1.29, 1.82) is 0 Å². The van der Waals surface area contributed by atoms with Crippen molar-refractivity contribution in [2.75, 3.05) is 43.6 Å². The normalized spacial score (nSPS) is 14.6. The van der Waals surface area contributed by atoms with E-state index in [9.17, 15) is 13.2 Å². The lowest BCUT2D eigenvalue weighted by Gasteiger charge is -2.27. The van der Waals surface area contributed by atoms with Crippen LogP contribution in [0.3, 0.4) is 0 Å². The Morgan fingerprint density at radius 2 is 1.79 bits per heavy atom.